The molecule has 0 aliphatic carbocycles. The van der Waals surface area contributed by atoms with Crippen LogP contribution in [0, 0.1) is 0 Å². The van der Waals surface area contributed by atoms with E-state index in [0.717, 1.165) is 29.4 Å². The van der Waals surface area contributed by atoms with Gasteiger partial charge in [-0.1, -0.05) is 12.1 Å². The van der Waals surface area contributed by atoms with Crippen molar-refractivity contribution in [3.63, 3.8) is 0 Å². The van der Waals surface area contributed by atoms with Gasteiger partial charge in [0, 0.05) is 31.5 Å². The molecule has 8 nitrogen and oxygen atoms in total. The van der Waals surface area contributed by atoms with Crippen LogP contribution in [-0.2, 0) is 20.1 Å². The van der Waals surface area contributed by atoms with Crippen LogP contribution < -0.4 is 21.3 Å². The number of carbonyl (C=O) groups is 1. The van der Waals surface area contributed by atoms with E-state index >= 15 is 0 Å². The number of nitrogens with one attached hydrogen (secondary N) is 4. The predicted molar refractivity (Wildman–Crippen MR) is 124 cm³/mol. The van der Waals surface area contributed by atoms with Crippen molar-refractivity contribution >= 4 is 41.7 Å². The highest BCUT2D eigenvalue weighted by Crippen LogP contribution is 2.10. The molecule has 1 heterocycles. The van der Waals surface area contributed by atoms with Crippen molar-refractivity contribution in [3.8, 4) is 0 Å². The van der Waals surface area contributed by atoms with Crippen LogP contribution in [0.1, 0.15) is 32.0 Å². The van der Waals surface area contributed by atoms with E-state index in [1.165, 1.54) is 0 Å². The molecule has 9 heteroatoms. The molecule has 2 amide bonds. The average Bonchev–Trinajstić information content (AvgIpc) is 3.03. The van der Waals surface area contributed by atoms with Gasteiger partial charge in [-0.2, -0.15) is 5.10 Å². The van der Waals surface area contributed by atoms with Crippen molar-refractivity contribution in [2.24, 2.45) is 12.0 Å². The first-order valence-corrected chi connectivity index (χ1v) is 9.13. The maximum absolute atomic E-state index is 11.7. The number of carbonyl (C=O) groups excluding carboxylic acids is 1. The van der Waals surface area contributed by atoms with E-state index in [-0.39, 0.29) is 36.0 Å². The maximum atomic E-state index is 11.7. The SMILES string of the molecule is CCNC(=NCc1ccc(NC(=O)NC(C)C)cc1)NCc1ccnn1C.I. The van der Waals surface area contributed by atoms with Gasteiger partial charge in [-0.15, -0.1) is 24.0 Å². The van der Waals surface area contributed by atoms with Gasteiger partial charge in [-0.05, 0) is 44.5 Å². The van der Waals surface area contributed by atoms with Crippen molar-refractivity contribution in [3.05, 3.63) is 47.8 Å². The van der Waals surface area contributed by atoms with Gasteiger partial charge in [0.15, 0.2) is 5.96 Å². The second-order valence-electron chi connectivity index (χ2n) is 6.44. The minimum absolute atomic E-state index is 0. The summed E-state index contributed by atoms with van der Waals surface area (Å²) in [6.45, 7) is 7.85. The third kappa shape index (κ3) is 8.15. The minimum Gasteiger partial charge on any atom is -0.357 e. The minimum atomic E-state index is -0.204. The fraction of sp³-hybridized carbons (Fsp3) is 0.421. The number of halogens is 1. The lowest BCUT2D eigenvalue weighted by molar-refractivity contribution is 0.250. The maximum Gasteiger partial charge on any atom is 0.319 e. The van der Waals surface area contributed by atoms with Gasteiger partial charge in [0.25, 0.3) is 0 Å². The first kappa shape index (κ1) is 23.7. The molecule has 0 aliphatic rings. The third-order valence-electron chi connectivity index (χ3n) is 3.75. The van der Waals surface area contributed by atoms with Crippen molar-refractivity contribution in [2.75, 3.05) is 11.9 Å². The van der Waals surface area contributed by atoms with E-state index in [2.05, 4.69) is 31.4 Å². The number of amides is 2. The fourth-order valence-electron chi connectivity index (χ4n) is 2.38. The Hall–Kier alpha value is -2.30. The molecule has 1 aromatic heterocycles. The zero-order valence-corrected chi connectivity index (χ0v) is 19.2. The van der Waals surface area contributed by atoms with E-state index in [0.29, 0.717) is 13.1 Å². The molecule has 4 N–H and O–H groups in total. The summed E-state index contributed by atoms with van der Waals surface area (Å²) < 4.78 is 1.83. The van der Waals surface area contributed by atoms with Crippen LogP contribution in [0.25, 0.3) is 0 Å². The van der Waals surface area contributed by atoms with Crippen LogP contribution in [0.3, 0.4) is 0 Å². The molecule has 0 unspecified atom stereocenters. The fourth-order valence-corrected chi connectivity index (χ4v) is 2.38. The van der Waals surface area contributed by atoms with Crippen LogP contribution in [0.5, 0.6) is 0 Å². The predicted octanol–water partition coefficient (Wildman–Crippen LogP) is 2.82. The zero-order chi connectivity index (χ0) is 19.6. The smallest absolute Gasteiger partial charge is 0.319 e. The molecule has 1 aromatic carbocycles. The Morgan fingerprint density at radius 3 is 2.46 bits per heavy atom. The van der Waals surface area contributed by atoms with Gasteiger partial charge in [0.05, 0.1) is 18.8 Å². The van der Waals surface area contributed by atoms with Gasteiger partial charge >= 0.3 is 6.03 Å². The monoisotopic (exact) mass is 499 g/mol. The number of rotatable bonds is 7. The van der Waals surface area contributed by atoms with Crippen LogP contribution >= 0.6 is 24.0 Å². The number of nitrogens with zero attached hydrogens (tertiary/aromatic N) is 3. The molecular weight excluding hydrogens is 469 g/mol. The highest BCUT2D eigenvalue weighted by molar-refractivity contribution is 14.0. The molecule has 0 bridgehead atoms. The van der Waals surface area contributed by atoms with E-state index in [1.54, 1.807) is 6.20 Å². The molecule has 0 radical (unpaired) electrons. The summed E-state index contributed by atoms with van der Waals surface area (Å²) >= 11 is 0. The zero-order valence-electron chi connectivity index (χ0n) is 16.8. The summed E-state index contributed by atoms with van der Waals surface area (Å²) in [5, 5.41) is 16.3. The van der Waals surface area contributed by atoms with E-state index < -0.39 is 0 Å². The van der Waals surface area contributed by atoms with Crippen LogP contribution in [-0.4, -0.2) is 34.4 Å². The van der Waals surface area contributed by atoms with Gasteiger partial charge < -0.3 is 21.3 Å². The van der Waals surface area contributed by atoms with Crippen molar-refractivity contribution in [2.45, 2.75) is 39.9 Å². The van der Waals surface area contributed by atoms with Gasteiger partial charge in [0.2, 0.25) is 0 Å². The molecule has 0 fully saturated rings. The molecule has 0 atom stereocenters. The number of aromatic nitrogens is 2. The summed E-state index contributed by atoms with van der Waals surface area (Å²) in [6.07, 6.45) is 1.78. The highest BCUT2D eigenvalue weighted by atomic mass is 127. The van der Waals surface area contributed by atoms with Crippen LogP contribution in [0.15, 0.2) is 41.5 Å². The molecule has 2 aromatic rings. The van der Waals surface area contributed by atoms with Gasteiger partial charge in [-0.3, -0.25) is 4.68 Å². The molecule has 0 aliphatic heterocycles. The van der Waals surface area contributed by atoms with Crippen LogP contribution in [0.4, 0.5) is 10.5 Å². The Balaban J connectivity index is 0.00000392. The highest BCUT2D eigenvalue weighted by Gasteiger charge is 2.04. The van der Waals surface area contributed by atoms with Gasteiger partial charge in [-0.25, -0.2) is 9.79 Å². The average molecular weight is 499 g/mol. The Kier molecular flexibility index (Phi) is 10.4. The Bertz CT molecular complexity index is 756. The van der Waals surface area contributed by atoms with E-state index in [9.17, 15) is 4.79 Å². The van der Waals surface area contributed by atoms with Crippen molar-refractivity contribution < 1.29 is 4.79 Å². The largest absolute Gasteiger partial charge is 0.357 e. The quantitative estimate of drug-likeness (QED) is 0.268. The summed E-state index contributed by atoms with van der Waals surface area (Å²) in [5.41, 5.74) is 2.89. The number of urea groups is 1. The topological polar surface area (TPSA) is 95.4 Å². The summed E-state index contributed by atoms with van der Waals surface area (Å²) in [6, 6.07) is 9.53. The second kappa shape index (κ2) is 12.2. The van der Waals surface area contributed by atoms with E-state index in [1.807, 2.05) is 62.8 Å². The third-order valence-corrected chi connectivity index (χ3v) is 3.75. The standard InChI is InChI=1S/C19H29N7O.HI/c1-5-20-18(22-13-17-10-11-23-26(17)4)21-12-15-6-8-16(9-7-15)25-19(27)24-14(2)3;/h6-11,14H,5,12-13H2,1-4H3,(H2,20,21,22)(H2,24,25,27);1H. The summed E-state index contributed by atoms with van der Waals surface area (Å²) in [5.74, 6) is 0.747. The molecule has 0 saturated heterocycles. The Morgan fingerprint density at radius 1 is 1.18 bits per heavy atom. The number of hydrogen-bond donors (Lipinski definition) is 4. The second-order valence-corrected chi connectivity index (χ2v) is 6.44. The number of aliphatic imine (C=N–C) groups is 1. The molecule has 0 spiro atoms. The number of hydrogen-bond acceptors (Lipinski definition) is 3. The summed E-state index contributed by atoms with van der Waals surface area (Å²) in [4.78, 5) is 16.3. The van der Waals surface area contributed by atoms with Crippen molar-refractivity contribution in [1.29, 1.82) is 0 Å². The van der Waals surface area contributed by atoms with Crippen molar-refractivity contribution in [1.82, 2.24) is 25.7 Å². The molecular formula is C19H30IN7O. The molecule has 2 rings (SSSR count). The molecule has 28 heavy (non-hydrogen) atoms. The summed E-state index contributed by atoms with van der Waals surface area (Å²) in [7, 11) is 1.91. The first-order valence-electron chi connectivity index (χ1n) is 9.13. The normalized spacial score (nSPS) is 11.0. The molecule has 154 valence electrons. The Labute approximate surface area is 183 Å². The number of benzene rings is 1. The lowest BCUT2D eigenvalue weighted by Gasteiger charge is -2.12. The lowest BCUT2D eigenvalue weighted by Crippen LogP contribution is -2.37. The Morgan fingerprint density at radius 2 is 1.89 bits per heavy atom. The van der Waals surface area contributed by atoms with E-state index in [4.69, 9.17) is 0 Å². The first-order chi connectivity index (χ1) is 13.0. The number of anilines is 1. The number of guanidine groups is 1. The van der Waals surface area contributed by atoms with Gasteiger partial charge in [0.1, 0.15) is 0 Å². The number of aryl methyl sites for hydroxylation is 1. The lowest BCUT2D eigenvalue weighted by atomic mass is 10.2. The molecule has 0 saturated carbocycles. The van der Waals surface area contributed by atoms with Crippen LogP contribution in [0.2, 0.25) is 0 Å².